The average molecular weight is 568 g/mol. The van der Waals surface area contributed by atoms with E-state index in [4.69, 9.17) is 21.1 Å². The number of aromatic nitrogens is 1. The molecular formula is C26H16ClK2NO7. The predicted molar refractivity (Wildman–Crippen MR) is 123 cm³/mol. The van der Waals surface area contributed by atoms with E-state index in [1.807, 2.05) is 0 Å². The molecule has 1 aromatic heterocycles. The van der Waals surface area contributed by atoms with Gasteiger partial charge in [-0.2, -0.15) is 0 Å². The first kappa shape index (κ1) is 30.5. The van der Waals surface area contributed by atoms with Crippen molar-refractivity contribution >= 4 is 34.4 Å². The molecule has 5 rings (SSSR count). The second kappa shape index (κ2) is 12.9. The van der Waals surface area contributed by atoms with Crippen molar-refractivity contribution in [1.82, 2.24) is 4.57 Å². The molecule has 0 saturated carbocycles. The fourth-order valence-corrected chi connectivity index (χ4v) is 4.49. The summed E-state index contributed by atoms with van der Waals surface area (Å²) in [4.78, 5) is 37.1. The molecule has 0 N–H and O–H groups in total. The molecule has 0 radical (unpaired) electrons. The number of hydrogen-bond donors (Lipinski definition) is 0. The van der Waals surface area contributed by atoms with E-state index >= 15 is 0 Å². The molecule has 11 heteroatoms. The van der Waals surface area contributed by atoms with Crippen LogP contribution in [0.1, 0.15) is 37.5 Å². The maximum atomic E-state index is 13.4. The zero-order valence-corrected chi connectivity index (χ0v) is 27.1. The minimum Gasteiger partial charge on any atom is -0.545 e. The van der Waals surface area contributed by atoms with E-state index in [9.17, 15) is 24.6 Å². The fraction of sp³-hybridized carbons (Fsp3) is 0.115. The summed E-state index contributed by atoms with van der Waals surface area (Å²) in [5, 5.41) is 24.3. The summed E-state index contributed by atoms with van der Waals surface area (Å²) in [7, 11) is 0. The van der Waals surface area contributed by atoms with Gasteiger partial charge in [0.2, 0.25) is 6.79 Å². The van der Waals surface area contributed by atoms with Crippen molar-refractivity contribution in [2.24, 2.45) is 0 Å². The summed E-state index contributed by atoms with van der Waals surface area (Å²) < 4.78 is 12.2. The number of nitrogens with zero attached hydrogens (tertiary/aromatic N) is 1. The van der Waals surface area contributed by atoms with Crippen LogP contribution < -0.4 is 128 Å². The Morgan fingerprint density at radius 3 is 2.32 bits per heavy atom. The molecule has 0 bridgehead atoms. The normalized spacial score (nSPS) is 11.5. The number of halogens is 1. The Hall–Kier alpha value is -1.03. The summed E-state index contributed by atoms with van der Waals surface area (Å²) in [5.74, 6) is -1.96. The molecule has 2 heterocycles. The molecule has 8 nitrogen and oxygen atoms in total. The molecule has 0 saturated heterocycles. The standard InChI is InChI=1S/C26H18ClNO7.2K/c27-19-11-22-21(34-13-35-22)10-16(19)12-28-20-7-2-1-6-17(20)24(29)18(23(28)26(32)33)9-14-4-3-5-15(8-14)25(30)31;;/h1-8,10-11H,9,12-13H2,(H,30,31)(H,32,33);;/q;2*+1/p-2. The van der Waals surface area contributed by atoms with Crippen LogP contribution in [0.5, 0.6) is 11.5 Å². The van der Waals surface area contributed by atoms with Crippen LogP contribution in [0.4, 0.5) is 0 Å². The van der Waals surface area contributed by atoms with Gasteiger partial charge in [-0.3, -0.25) is 4.79 Å². The maximum Gasteiger partial charge on any atom is 1.00 e. The second-order valence-electron chi connectivity index (χ2n) is 8.01. The summed E-state index contributed by atoms with van der Waals surface area (Å²) in [5.41, 5.74) is 0.471. The van der Waals surface area contributed by atoms with Crippen molar-refractivity contribution in [1.29, 1.82) is 0 Å². The number of aromatic carboxylic acids is 2. The van der Waals surface area contributed by atoms with Crippen LogP contribution in [0, 0.1) is 0 Å². The number of para-hydroxylation sites is 1. The van der Waals surface area contributed by atoms with Gasteiger partial charge in [0.15, 0.2) is 16.9 Å². The topological polar surface area (TPSA) is 121 Å². The van der Waals surface area contributed by atoms with Crippen molar-refractivity contribution in [3.8, 4) is 11.5 Å². The van der Waals surface area contributed by atoms with Crippen molar-refractivity contribution in [3.05, 3.63) is 104 Å². The minimum absolute atomic E-state index is 0. The zero-order chi connectivity index (χ0) is 24.7. The quantitative estimate of drug-likeness (QED) is 0.216. The molecule has 0 atom stereocenters. The molecular weight excluding hydrogens is 552 g/mol. The van der Waals surface area contributed by atoms with E-state index in [2.05, 4.69) is 0 Å². The first-order chi connectivity index (χ1) is 16.8. The second-order valence-corrected chi connectivity index (χ2v) is 8.42. The van der Waals surface area contributed by atoms with Crippen LogP contribution in [-0.2, 0) is 13.0 Å². The van der Waals surface area contributed by atoms with Gasteiger partial charge in [-0.15, -0.1) is 0 Å². The Bertz CT molecular complexity index is 1590. The number of hydrogen-bond acceptors (Lipinski definition) is 7. The van der Waals surface area contributed by atoms with Crippen molar-refractivity contribution < 1.29 is 132 Å². The summed E-state index contributed by atoms with van der Waals surface area (Å²) >= 11 is 6.45. The predicted octanol–water partition coefficient (Wildman–Crippen LogP) is -4.24. The maximum absolute atomic E-state index is 13.4. The molecule has 3 aromatic carbocycles. The first-order valence-corrected chi connectivity index (χ1v) is 11.0. The summed E-state index contributed by atoms with van der Waals surface area (Å²) in [6.07, 6.45) is -0.122. The SMILES string of the molecule is O=C([O-])c1cccc(Cc2c(C(=O)[O-])n(Cc3cc4c(cc3Cl)OCO4)c3ccccc3c2=O)c1.[K+].[K+]. The number of fused-ring (bicyclic) bond motifs is 2. The zero-order valence-electron chi connectivity index (χ0n) is 20.1. The average Bonchev–Trinajstić information content (AvgIpc) is 3.29. The number of carbonyl (C=O) groups is 2. The third-order valence-corrected chi connectivity index (χ3v) is 6.23. The van der Waals surface area contributed by atoms with Gasteiger partial charge < -0.3 is 33.8 Å². The summed E-state index contributed by atoms with van der Waals surface area (Å²) in [6, 6.07) is 15.7. The van der Waals surface area contributed by atoms with E-state index in [0.717, 1.165) is 0 Å². The van der Waals surface area contributed by atoms with Gasteiger partial charge in [0.05, 0.1) is 23.1 Å². The summed E-state index contributed by atoms with van der Waals surface area (Å²) in [6.45, 7) is 0.0567. The Morgan fingerprint density at radius 1 is 0.919 bits per heavy atom. The Balaban J connectivity index is 0.00000190. The van der Waals surface area contributed by atoms with Gasteiger partial charge in [0, 0.05) is 35.0 Å². The van der Waals surface area contributed by atoms with Crippen LogP contribution >= 0.6 is 11.6 Å². The van der Waals surface area contributed by atoms with Gasteiger partial charge in [-0.25, -0.2) is 0 Å². The number of benzene rings is 3. The number of carbonyl (C=O) groups excluding carboxylic acids is 2. The number of ether oxygens (including phenoxy) is 2. The number of pyridine rings is 1. The Morgan fingerprint density at radius 2 is 1.62 bits per heavy atom. The fourth-order valence-electron chi connectivity index (χ4n) is 4.28. The smallest absolute Gasteiger partial charge is 0.545 e. The van der Waals surface area contributed by atoms with E-state index < -0.39 is 17.4 Å². The van der Waals surface area contributed by atoms with Crippen LogP contribution in [0.25, 0.3) is 10.9 Å². The molecule has 0 spiro atoms. The van der Waals surface area contributed by atoms with Gasteiger partial charge in [-0.1, -0.05) is 41.9 Å². The number of carboxylic acids is 2. The molecule has 1 aliphatic heterocycles. The van der Waals surface area contributed by atoms with Gasteiger partial charge in [0.25, 0.3) is 0 Å². The molecule has 0 unspecified atom stereocenters. The van der Waals surface area contributed by atoms with E-state index in [1.54, 1.807) is 42.5 Å². The Labute approximate surface area is 301 Å². The van der Waals surface area contributed by atoms with Crippen LogP contribution in [0.3, 0.4) is 0 Å². The number of carboxylic acid groups (broad SMARTS) is 2. The molecule has 0 fully saturated rings. The van der Waals surface area contributed by atoms with Crippen LogP contribution in [-0.4, -0.2) is 23.3 Å². The van der Waals surface area contributed by atoms with Gasteiger partial charge in [0.1, 0.15) is 0 Å². The van der Waals surface area contributed by atoms with Gasteiger partial charge >= 0.3 is 103 Å². The van der Waals surface area contributed by atoms with E-state index in [-0.39, 0.29) is 139 Å². The largest absolute Gasteiger partial charge is 1.00 e. The van der Waals surface area contributed by atoms with E-state index in [1.165, 1.54) is 22.8 Å². The third-order valence-electron chi connectivity index (χ3n) is 5.88. The molecule has 0 amide bonds. The molecule has 176 valence electrons. The van der Waals surface area contributed by atoms with Gasteiger partial charge in [-0.05, 0) is 41.0 Å². The third kappa shape index (κ3) is 6.25. The van der Waals surface area contributed by atoms with Crippen LogP contribution in [0.15, 0.2) is 65.5 Å². The van der Waals surface area contributed by atoms with Crippen molar-refractivity contribution in [2.75, 3.05) is 6.79 Å². The number of rotatable bonds is 6. The molecule has 1 aliphatic rings. The van der Waals surface area contributed by atoms with Crippen LogP contribution in [0.2, 0.25) is 5.02 Å². The Kier molecular flexibility index (Phi) is 10.6. The first-order valence-electron chi connectivity index (χ1n) is 10.6. The van der Waals surface area contributed by atoms with Crippen molar-refractivity contribution in [2.45, 2.75) is 13.0 Å². The monoisotopic (exact) mass is 567 g/mol. The van der Waals surface area contributed by atoms with E-state index in [0.29, 0.717) is 38.6 Å². The minimum atomic E-state index is -1.55. The van der Waals surface area contributed by atoms with Crippen molar-refractivity contribution in [3.63, 3.8) is 0 Å². The molecule has 4 aromatic rings. The molecule has 37 heavy (non-hydrogen) atoms. The molecule has 0 aliphatic carbocycles.